The molecule has 31 heavy (non-hydrogen) atoms. The first-order valence-electron chi connectivity index (χ1n) is 9.49. The lowest BCUT2D eigenvalue weighted by molar-refractivity contribution is -0.384. The topological polar surface area (TPSA) is 116 Å². The molecule has 9 heteroatoms. The van der Waals surface area contributed by atoms with Gasteiger partial charge in [-0.1, -0.05) is 12.1 Å². The van der Waals surface area contributed by atoms with Crippen LogP contribution < -0.4 is 14.9 Å². The predicted octanol–water partition coefficient (Wildman–Crippen LogP) is 4.09. The van der Waals surface area contributed by atoms with E-state index in [0.717, 1.165) is 5.56 Å². The van der Waals surface area contributed by atoms with Gasteiger partial charge in [0.15, 0.2) is 18.1 Å². The highest BCUT2D eigenvalue weighted by Crippen LogP contribution is 2.28. The minimum atomic E-state index is -0.446. The van der Waals surface area contributed by atoms with Gasteiger partial charge in [0, 0.05) is 17.7 Å². The molecular weight excluding hydrogens is 402 g/mol. The third-order valence-electron chi connectivity index (χ3n) is 4.20. The van der Waals surface area contributed by atoms with E-state index in [2.05, 4.69) is 10.5 Å². The van der Waals surface area contributed by atoms with Crippen LogP contribution in [0.5, 0.6) is 11.5 Å². The number of para-hydroxylation sites is 2. The summed E-state index contributed by atoms with van der Waals surface area (Å²) in [5.74, 6) is 1.54. The van der Waals surface area contributed by atoms with Crippen LogP contribution in [0, 0.1) is 17.0 Å². The Bertz CT molecular complexity index is 1110. The molecule has 0 saturated carbocycles. The summed E-state index contributed by atoms with van der Waals surface area (Å²) < 4.78 is 16.6. The number of hydrogen-bond donors (Lipinski definition) is 1. The maximum Gasteiger partial charge on any atom is 0.277 e. The summed E-state index contributed by atoms with van der Waals surface area (Å²) in [7, 11) is 0. The molecule has 0 radical (unpaired) electrons. The number of nitro benzene ring substituents is 1. The van der Waals surface area contributed by atoms with E-state index in [0.29, 0.717) is 35.2 Å². The first-order valence-corrected chi connectivity index (χ1v) is 9.49. The average molecular weight is 423 g/mol. The summed E-state index contributed by atoms with van der Waals surface area (Å²) in [4.78, 5) is 22.4. The molecule has 0 spiro atoms. The number of nitrogens with one attached hydrogen (secondary N) is 1. The van der Waals surface area contributed by atoms with Crippen molar-refractivity contribution in [3.05, 3.63) is 76.0 Å². The molecule has 0 bridgehead atoms. The van der Waals surface area contributed by atoms with Gasteiger partial charge in [0.2, 0.25) is 0 Å². The average Bonchev–Trinajstić information content (AvgIpc) is 3.21. The Hall–Kier alpha value is -4.14. The van der Waals surface area contributed by atoms with Crippen molar-refractivity contribution in [2.24, 2.45) is 5.10 Å². The molecule has 160 valence electrons. The van der Waals surface area contributed by atoms with Crippen LogP contribution in [0.2, 0.25) is 0 Å². The second-order valence-corrected chi connectivity index (χ2v) is 6.42. The zero-order valence-electron chi connectivity index (χ0n) is 17.0. The number of carbonyl (C=O) groups excluding carboxylic acids is 1. The van der Waals surface area contributed by atoms with Crippen LogP contribution in [-0.4, -0.2) is 30.3 Å². The summed E-state index contributed by atoms with van der Waals surface area (Å²) >= 11 is 0. The number of hydrazone groups is 1. The number of amides is 1. The molecule has 2 aromatic carbocycles. The zero-order chi connectivity index (χ0) is 22.2. The molecule has 1 aromatic heterocycles. The number of benzene rings is 2. The summed E-state index contributed by atoms with van der Waals surface area (Å²) in [6, 6.07) is 15.0. The van der Waals surface area contributed by atoms with E-state index in [1.807, 2.05) is 13.0 Å². The second-order valence-electron chi connectivity index (χ2n) is 6.42. The van der Waals surface area contributed by atoms with Gasteiger partial charge in [0.05, 0.1) is 17.7 Å². The summed E-state index contributed by atoms with van der Waals surface area (Å²) in [6.07, 6.45) is 1.36. The summed E-state index contributed by atoms with van der Waals surface area (Å²) in [5.41, 5.74) is 3.82. The zero-order valence-corrected chi connectivity index (χ0v) is 17.0. The van der Waals surface area contributed by atoms with Crippen LogP contribution in [0.15, 0.2) is 64.1 Å². The van der Waals surface area contributed by atoms with Gasteiger partial charge in [0.25, 0.3) is 11.6 Å². The third-order valence-corrected chi connectivity index (χ3v) is 4.20. The number of non-ortho nitro benzene ring substituents is 1. The van der Waals surface area contributed by atoms with E-state index in [4.69, 9.17) is 13.9 Å². The van der Waals surface area contributed by atoms with E-state index in [-0.39, 0.29) is 12.3 Å². The van der Waals surface area contributed by atoms with Gasteiger partial charge >= 0.3 is 0 Å². The highest BCUT2D eigenvalue weighted by atomic mass is 16.6. The van der Waals surface area contributed by atoms with Gasteiger partial charge in [0.1, 0.15) is 11.5 Å². The molecule has 1 heterocycles. The standard InChI is InChI=1S/C22H21N3O6/c1-3-29-20-6-4-5-7-21(20)30-14-22(26)24-23-13-17-9-11-19(31-17)18-10-8-16(25(27)28)12-15(18)2/h4-13H,3,14H2,1-2H3,(H,24,26). The van der Waals surface area contributed by atoms with Crippen molar-refractivity contribution >= 4 is 17.8 Å². The normalized spacial score (nSPS) is 10.8. The Morgan fingerprint density at radius 2 is 1.90 bits per heavy atom. The number of nitrogens with zero attached hydrogens (tertiary/aromatic N) is 2. The van der Waals surface area contributed by atoms with Crippen LogP contribution >= 0.6 is 0 Å². The molecule has 0 aliphatic rings. The fourth-order valence-corrected chi connectivity index (χ4v) is 2.79. The number of aryl methyl sites for hydroxylation is 1. The van der Waals surface area contributed by atoms with Crippen molar-refractivity contribution in [1.82, 2.24) is 5.43 Å². The summed E-state index contributed by atoms with van der Waals surface area (Å²) in [5, 5.41) is 14.7. The minimum absolute atomic E-state index is 0.0170. The SMILES string of the molecule is CCOc1ccccc1OCC(=O)NN=Cc1ccc(-c2ccc([N+](=O)[O-])cc2C)o1. The second kappa shape index (κ2) is 10.1. The van der Waals surface area contributed by atoms with E-state index >= 15 is 0 Å². The van der Waals surface area contributed by atoms with E-state index in [1.54, 1.807) is 43.3 Å². The fraction of sp³-hybridized carbons (Fsp3) is 0.182. The molecule has 0 atom stereocenters. The lowest BCUT2D eigenvalue weighted by Gasteiger charge is -2.10. The molecule has 0 unspecified atom stereocenters. The Morgan fingerprint density at radius 1 is 1.16 bits per heavy atom. The van der Waals surface area contributed by atoms with Crippen LogP contribution in [0.4, 0.5) is 5.69 Å². The largest absolute Gasteiger partial charge is 0.490 e. The highest BCUT2D eigenvalue weighted by Gasteiger charge is 2.12. The fourth-order valence-electron chi connectivity index (χ4n) is 2.79. The van der Waals surface area contributed by atoms with Gasteiger partial charge in [-0.05, 0) is 49.7 Å². The molecule has 1 amide bonds. The molecule has 3 rings (SSSR count). The molecule has 0 saturated heterocycles. The van der Waals surface area contributed by atoms with E-state index < -0.39 is 10.8 Å². The lowest BCUT2D eigenvalue weighted by atomic mass is 10.1. The number of hydrogen-bond acceptors (Lipinski definition) is 7. The smallest absolute Gasteiger partial charge is 0.277 e. The van der Waals surface area contributed by atoms with Crippen LogP contribution in [0.1, 0.15) is 18.2 Å². The number of furan rings is 1. The predicted molar refractivity (Wildman–Crippen MR) is 114 cm³/mol. The van der Waals surface area contributed by atoms with Crippen LogP contribution in [0.25, 0.3) is 11.3 Å². The van der Waals surface area contributed by atoms with Gasteiger partial charge < -0.3 is 13.9 Å². The van der Waals surface area contributed by atoms with E-state index in [9.17, 15) is 14.9 Å². The Kier molecular flexibility index (Phi) is 7.00. The quantitative estimate of drug-likeness (QED) is 0.315. The Balaban J connectivity index is 1.56. The van der Waals surface area contributed by atoms with E-state index in [1.165, 1.54) is 18.3 Å². The van der Waals surface area contributed by atoms with Crippen molar-refractivity contribution in [3.63, 3.8) is 0 Å². The maximum absolute atomic E-state index is 12.0. The molecule has 0 fully saturated rings. The number of carbonyl (C=O) groups is 1. The number of ether oxygens (including phenoxy) is 2. The number of nitro groups is 1. The molecule has 3 aromatic rings. The van der Waals surface area contributed by atoms with Gasteiger partial charge in [-0.3, -0.25) is 14.9 Å². The molecule has 9 nitrogen and oxygen atoms in total. The highest BCUT2D eigenvalue weighted by molar-refractivity contribution is 5.82. The minimum Gasteiger partial charge on any atom is -0.490 e. The summed E-state index contributed by atoms with van der Waals surface area (Å²) in [6.45, 7) is 3.89. The van der Waals surface area contributed by atoms with Gasteiger partial charge in [-0.15, -0.1) is 0 Å². The maximum atomic E-state index is 12.0. The third kappa shape index (κ3) is 5.69. The van der Waals surface area contributed by atoms with Crippen molar-refractivity contribution in [1.29, 1.82) is 0 Å². The Morgan fingerprint density at radius 3 is 2.58 bits per heavy atom. The van der Waals surface area contributed by atoms with Crippen molar-refractivity contribution in [2.75, 3.05) is 13.2 Å². The van der Waals surface area contributed by atoms with Crippen molar-refractivity contribution in [2.45, 2.75) is 13.8 Å². The van der Waals surface area contributed by atoms with Gasteiger partial charge in [-0.25, -0.2) is 5.43 Å². The first kappa shape index (κ1) is 21.6. The van der Waals surface area contributed by atoms with Gasteiger partial charge in [-0.2, -0.15) is 5.10 Å². The molecule has 0 aliphatic heterocycles. The van der Waals surface area contributed by atoms with Crippen molar-refractivity contribution in [3.8, 4) is 22.8 Å². The Labute approximate surface area is 178 Å². The van der Waals surface area contributed by atoms with Crippen LogP contribution in [0.3, 0.4) is 0 Å². The number of rotatable bonds is 9. The van der Waals surface area contributed by atoms with Crippen molar-refractivity contribution < 1.29 is 23.6 Å². The molecule has 1 N–H and O–H groups in total. The lowest BCUT2D eigenvalue weighted by Crippen LogP contribution is -2.24. The molecule has 0 aliphatic carbocycles. The van der Waals surface area contributed by atoms with Crippen LogP contribution in [-0.2, 0) is 4.79 Å². The first-order chi connectivity index (χ1) is 15.0. The molecular formula is C22H21N3O6. The monoisotopic (exact) mass is 423 g/mol.